The van der Waals surface area contributed by atoms with Crippen LogP contribution in [0.25, 0.3) is 6.08 Å². The molecule has 3 nitrogen and oxygen atoms in total. The number of hydrogen-bond donors (Lipinski definition) is 0. The van der Waals surface area contributed by atoms with E-state index in [1.54, 1.807) is 12.1 Å². The molecule has 2 saturated carbocycles. The molecule has 2 aliphatic rings. The van der Waals surface area contributed by atoms with Gasteiger partial charge >= 0.3 is 17.1 Å². The molecule has 2 aliphatic carbocycles. The summed E-state index contributed by atoms with van der Waals surface area (Å²) >= 11 is 0. The van der Waals surface area contributed by atoms with Gasteiger partial charge in [-0.05, 0) is 63.4 Å². The number of allylic oxidation sites excluding steroid dienone is 1. The molecule has 1 aromatic carbocycles. The first kappa shape index (κ1) is 18.9. The first-order valence-corrected chi connectivity index (χ1v) is 6.56. The maximum Gasteiger partial charge on any atom is 2.00 e. The number of non-ortho nitro benzene ring substituents is 1. The largest absolute Gasteiger partial charge is 2.00 e. The van der Waals surface area contributed by atoms with Gasteiger partial charge in [0.05, 0.1) is 4.92 Å². The van der Waals surface area contributed by atoms with Crippen molar-refractivity contribution in [3.05, 3.63) is 110 Å². The van der Waals surface area contributed by atoms with E-state index in [1.165, 1.54) is 6.07 Å². The molecule has 2 fully saturated rings. The zero-order valence-corrected chi connectivity index (χ0v) is 12.9. The van der Waals surface area contributed by atoms with Crippen molar-refractivity contribution in [3.63, 3.8) is 0 Å². The van der Waals surface area contributed by atoms with E-state index in [9.17, 15) is 10.1 Å². The average Bonchev–Trinajstić information content (AvgIpc) is 3.21. The number of nitrogens with zero attached hydrogens (tertiary/aromatic N) is 1. The summed E-state index contributed by atoms with van der Waals surface area (Å²) in [6.07, 6.45) is 21.7. The van der Waals surface area contributed by atoms with E-state index in [0.717, 1.165) is 11.5 Å². The summed E-state index contributed by atoms with van der Waals surface area (Å²) < 4.78 is 0. The molecule has 0 atom stereocenters. The smallest absolute Gasteiger partial charge is 0.258 e. The normalized spacial score (nSPS) is 17.8. The molecule has 0 aliphatic heterocycles. The van der Waals surface area contributed by atoms with E-state index in [1.807, 2.05) is 76.0 Å². The Morgan fingerprint density at radius 3 is 2.00 bits per heavy atom. The third-order valence-electron chi connectivity index (χ3n) is 2.79. The minimum atomic E-state index is -0.389. The molecule has 0 heterocycles. The average molecular weight is 333 g/mol. The SMILES string of the molecule is O=[N+]([O-])c1cccc(/C=C/[C]2[CH][CH][CH][CH]2)c1.[CH]1[CH][CH][CH][CH]1.[Fe+2]. The summed E-state index contributed by atoms with van der Waals surface area (Å²) in [7, 11) is 0. The molecular formula is C18H15FeNO2+2. The number of nitro benzene ring substituents is 1. The van der Waals surface area contributed by atoms with Gasteiger partial charge in [0.2, 0.25) is 0 Å². The molecule has 0 N–H and O–H groups in total. The Balaban J connectivity index is 0.000000344. The molecule has 110 valence electrons. The summed E-state index contributed by atoms with van der Waals surface area (Å²) in [6, 6.07) is 6.56. The fraction of sp³-hybridized carbons (Fsp3) is 0. The fourth-order valence-corrected chi connectivity index (χ4v) is 1.76. The van der Waals surface area contributed by atoms with Gasteiger partial charge in [-0.25, -0.2) is 0 Å². The van der Waals surface area contributed by atoms with Crippen LogP contribution in [0.3, 0.4) is 0 Å². The summed E-state index contributed by atoms with van der Waals surface area (Å²) in [5, 5.41) is 10.6. The third-order valence-corrected chi connectivity index (χ3v) is 2.79. The van der Waals surface area contributed by atoms with Gasteiger partial charge in [0, 0.05) is 18.1 Å². The topological polar surface area (TPSA) is 43.1 Å². The Bertz CT molecular complexity index is 470. The van der Waals surface area contributed by atoms with E-state index in [0.29, 0.717) is 0 Å². The fourth-order valence-electron chi connectivity index (χ4n) is 1.76. The van der Waals surface area contributed by atoms with Crippen LogP contribution in [0.1, 0.15) is 5.56 Å². The summed E-state index contributed by atoms with van der Waals surface area (Å²) in [5.41, 5.74) is 0.944. The monoisotopic (exact) mass is 333 g/mol. The Hall–Kier alpha value is -1.12. The van der Waals surface area contributed by atoms with Crippen LogP contribution in [0, 0.1) is 73.8 Å². The van der Waals surface area contributed by atoms with Crippen LogP contribution in [0.15, 0.2) is 30.3 Å². The standard InChI is InChI=1S/C13H10NO2.C5H5.Fe/c15-14(16)13-7-3-6-12(10-13)9-8-11-4-1-2-5-11;1-2-4-5-3-1;/h1-10H;1-5H;/q;;+2/b9-8+;;. The molecule has 0 unspecified atom stereocenters. The van der Waals surface area contributed by atoms with Crippen molar-refractivity contribution in [2.75, 3.05) is 0 Å². The second kappa shape index (κ2) is 10.6. The van der Waals surface area contributed by atoms with E-state index in [-0.39, 0.29) is 27.7 Å². The van der Waals surface area contributed by atoms with E-state index < -0.39 is 0 Å². The molecular weight excluding hydrogens is 318 g/mol. The molecule has 10 radical (unpaired) electrons. The van der Waals surface area contributed by atoms with Crippen LogP contribution >= 0.6 is 0 Å². The van der Waals surface area contributed by atoms with E-state index in [4.69, 9.17) is 0 Å². The molecule has 0 spiro atoms. The number of hydrogen-bond acceptors (Lipinski definition) is 2. The molecule has 0 amide bonds. The Morgan fingerprint density at radius 1 is 0.864 bits per heavy atom. The predicted octanol–water partition coefficient (Wildman–Crippen LogP) is 4.03. The Labute approximate surface area is 143 Å². The Morgan fingerprint density at radius 2 is 1.45 bits per heavy atom. The number of benzene rings is 1. The van der Waals surface area contributed by atoms with E-state index >= 15 is 0 Å². The number of nitro groups is 1. The van der Waals surface area contributed by atoms with Crippen LogP contribution in [0.5, 0.6) is 0 Å². The van der Waals surface area contributed by atoms with Gasteiger partial charge in [-0.1, -0.05) is 24.3 Å². The maximum absolute atomic E-state index is 10.6. The zero-order chi connectivity index (χ0) is 14.9. The van der Waals surface area contributed by atoms with Crippen molar-refractivity contribution in [3.8, 4) is 0 Å². The van der Waals surface area contributed by atoms with Gasteiger partial charge in [0.25, 0.3) is 5.69 Å². The first-order valence-electron chi connectivity index (χ1n) is 6.56. The molecule has 0 bridgehead atoms. The number of rotatable bonds is 3. The summed E-state index contributed by atoms with van der Waals surface area (Å²) in [5.74, 6) is 1.09. The molecule has 0 saturated heterocycles. The predicted molar refractivity (Wildman–Crippen MR) is 84.1 cm³/mol. The van der Waals surface area contributed by atoms with E-state index in [2.05, 4.69) is 0 Å². The van der Waals surface area contributed by atoms with Crippen molar-refractivity contribution >= 4 is 11.8 Å². The van der Waals surface area contributed by atoms with Gasteiger partial charge < -0.3 is 0 Å². The van der Waals surface area contributed by atoms with Gasteiger partial charge in [-0.2, -0.15) is 0 Å². The van der Waals surface area contributed by atoms with Crippen LogP contribution in [-0.2, 0) is 17.1 Å². The second-order valence-corrected chi connectivity index (χ2v) is 4.37. The van der Waals surface area contributed by atoms with Crippen LogP contribution in [0.4, 0.5) is 5.69 Å². The Kier molecular flexibility index (Phi) is 9.10. The van der Waals surface area contributed by atoms with Crippen molar-refractivity contribution in [1.82, 2.24) is 0 Å². The maximum atomic E-state index is 10.6. The minimum absolute atomic E-state index is 0. The van der Waals surface area contributed by atoms with Gasteiger partial charge in [-0.15, -0.1) is 0 Å². The molecule has 0 aromatic heterocycles. The van der Waals surface area contributed by atoms with Crippen molar-refractivity contribution < 1.29 is 22.0 Å². The molecule has 3 rings (SSSR count). The van der Waals surface area contributed by atoms with Crippen LogP contribution < -0.4 is 0 Å². The molecule has 1 aromatic rings. The van der Waals surface area contributed by atoms with Gasteiger partial charge in [-0.3, -0.25) is 10.1 Å². The minimum Gasteiger partial charge on any atom is -0.258 e. The summed E-state index contributed by atoms with van der Waals surface area (Å²) in [4.78, 5) is 10.2. The van der Waals surface area contributed by atoms with Gasteiger partial charge in [0.1, 0.15) is 0 Å². The summed E-state index contributed by atoms with van der Waals surface area (Å²) in [6.45, 7) is 0. The van der Waals surface area contributed by atoms with Crippen molar-refractivity contribution in [2.45, 2.75) is 0 Å². The van der Waals surface area contributed by atoms with Gasteiger partial charge in [0.15, 0.2) is 0 Å². The van der Waals surface area contributed by atoms with Crippen molar-refractivity contribution in [2.24, 2.45) is 0 Å². The second-order valence-electron chi connectivity index (χ2n) is 4.37. The van der Waals surface area contributed by atoms with Crippen LogP contribution in [0.2, 0.25) is 0 Å². The van der Waals surface area contributed by atoms with Crippen molar-refractivity contribution in [1.29, 1.82) is 0 Å². The first-order chi connectivity index (χ1) is 10.3. The zero-order valence-electron chi connectivity index (χ0n) is 11.8. The third kappa shape index (κ3) is 6.76. The molecule has 4 heteroatoms. The van der Waals surface area contributed by atoms with Crippen LogP contribution in [-0.4, -0.2) is 4.92 Å². The quantitative estimate of drug-likeness (QED) is 0.476. The molecule has 22 heavy (non-hydrogen) atoms.